The number of hydrogen-bond acceptors (Lipinski definition) is 5. The number of nitriles is 1. The molecular formula is C24H18N4O. The highest BCUT2D eigenvalue weighted by Crippen LogP contribution is 2.34. The zero-order valence-corrected chi connectivity index (χ0v) is 15.7. The van der Waals surface area contributed by atoms with Gasteiger partial charge in [0.1, 0.15) is 11.9 Å². The number of anilines is 1. The number of aromatic nitrogens is 2. The molecule has 1 saturated heterocycles. The fourth-order valence-corrected chi connectivity index (χ4v) is 3.64. The van der Waals surface area contributed by atoms with Crippen LogP contribution < -0.4 is 9.64 Å². The molecule has 0 bridgehead atoms. The fraction of sp³-hybridized carbons (Fsp3) is 0.125. The van der Waals surface area contributed by atoms with Crippen molar-refractivity contribution in [3.63, 3.8) is 0 Å². The predicted molar refractivity (Wildman–Crippen MR) is 113 cm³/mol. The first-order valence-corrected chi connectivity index (χ1v) is 9.50. The van der Waals surface area contributed by atoms with E-state index >= 15 is 0 Å². The number of fused-ring (bicyclic) bond motifs is 1. The molecule has 3 heterocycles. The van der Waals surface area contributed by atoms with Crippen LogP contribution in [0.2, 0.25) is 0 Å². The van der Waals surface area contributed by atoms with Gasteiger partial charge in [-0.3, -0.25) is 9.97 Å². The van der Waals surface area contributed by atoms with Gasteiger partial charge in [0.25, 0.3) is 0 Å². The third-order valence-electron chi connectivity index (χ3n) is 5.20. The summed E-state index contributed by atoms with van der Waals surface area (Å²) in [5, 5.41) is 11.3. The second kappa shape index (κ2) is 7.25. The van der Waals surface area contributed by atoms with Crippen LogP contribution in [0.3, 0.4) is 0 Å². The van der Waals surface area contributed by atoms with E-state index in [1.54, 1.807) is 12.4 Å². The van der Waals surface area contributed by atoms with Gasteiger partial charge in [-0.1, -0.05) is 12.1 Å². The van der Waals surface area contributed by atoms with E-state index in [9.17, 15) is 5.26 Å². The molecule has 0 aliphatic carbocycles. The molecule has 29 heavy (non-hydrogen) atoms. The van der Waals surface area contributed by atoms with Crippen molar-refractivity contribution in [2.75, 3.05) is 18.0 Å². The van der Waals surface area contributed by atoms with E-state index in [2.05, 4.69) is 33.1 Å². The van der Waals surface area contributed by atoms with Crippen LogP contribution in [-0.2, 0) is 0 Å². The maximum Gasteiger partial charge on any atom is 0.133 e. The van der Waals surface area contributed by atoms with Crippen LogP contribution in [0.15, 0.2) is 79.4 Å². The minimum absolute atomic E-state index is 0.110. The van der Waals surface area contributed by atoms with Crippen LogP contribution in [-0.4, -0.2) is 29.2 Å². The second-order valence-electron chi connectivity index (χ2n) is 7.12. The van der Waals surface area contributed by atoms with Crippen LogP contribution >= 0.6 is 0 Å². The first-order valence-electron chi connectivity index (χ1n) is 9.50. The molecule has 0 spiro atoms. The van der Waals surface area contributed by atoms with Crippen molar-refractivity contribution in [2.45, 2.75) is 6.10 Å². The fourth-order valence-electron chi connectivity index (χ4n) is 3.64. The number of nitrogens with zero attached hydrogens (tertiary/aromatic N) is 4. The molecule has 2 aromatic carbocycles. The summed E-state index contributed by atoms with van der Waals surface area (Å²) in [6.07, 6.45) is 7.40. The summed E-state index contributed by atoms with van der Waals surface area (Å²) in [6, 6.07) is 20.0. The maximum absolute atomic E-state index is 9.22. The van der Waals surface area contributed by atoms with Gasteiger partial charge in [-0.15, -0.1) is 0 Å². The lowest BCUT2D eigenvalue weighted by Gasteiger charge is -2.40. The Morgan fingerprint density at radius 3 is 2.66 bits per heavy atom. The summed E-state index contributed by atoms with van der Waals surface area (Å²) in [6.45, 7) is 1.64. The summed E-state index contributed by atoms with van der Waals surface area (Å²) >= 11 is 0. The predicted octanol–water partition coefficient (Wildman–Crippen LogP) is 4.44. The third-order valence-corrected chi connectivity index (χ3v) is 5.20. The highest BCUT2D eigenvalue weighted by Gasteiger charge is 2.29. The summed E-state index contributed by atoms with van der Waals surface area (Å²) in [4.78, 5) is 10.7. The van der Waals surface area contributed by atoms with Gasteiger partial charge >= 0.3 is 0 Å². The van der Waals surface area contributed by atoms with E-state index in [4.69, 9.17) is 4.74 Å². The first kappa shape index (κ1) is 17.2. The van der Waals surface area contributed by atoms with E-state index in [0.717, 1.165) is 46.4 Å². The SMILES string of the molecule is N#Cc1cccc(-c2cc(OC3CN(c4cccnc4)C3)c3cnccc3c2)c1. The Balaban J connectivity index is 1.45. The minimum atomic E-state index is 0.110. The average Bonchev–Trinajstić information content (AvgIpc) is 2.76. The summed E-state index contributed by atoms with van der Waals surface area (Å²) < 4.78 is 6.37. The number of hydrogen-bond donors (Lipinski definition) is 0. The lowest BCUT2D eigenvalue weighted by molar-refractivity contribution is 0.170. The topological polar surface area (TPSA) is 62.0 Å². The van der Waals surface area contributed by atoms with Gasteiger partial charge in [-0.2, -0.15) is 5.26 Å². The van der Waals surface area contributed by atoms with Gasteiger partial charge in [0.05, 0.1) is 36.6 Å². The van der Waals surface area contributed by atoms with E-state index in [0.29, 0.717) is 5.56 Å². The van der Waals surface area contributed by atoms with Gasteiger partial charge in [-0.25, -0.2) is 0 Å². The van der Waals surface area contributed by atoms with Crippen molar-refractivity contribution in [1.29, 1.82) is 5.26 Å². The number of rotatable bonds is 4. The zero-order chi connectivity index (χ0) is 19.6. The highest BCUT2D eigenvalue weighted by molar-refractivity contribution is 5.92. The summed E-state index contributed by atoms with van der Waals surface area (Å²) in [7, 11) is 0. The molecule has 0 N–H and O–H groups in total. The lowest BCUT2D eigenvalue weighted by atomic mass is 10.00. The molecule has 140 valence electrons. The van der Waals surface area contributed by atoms with Crippen LogP contribution in [0.5, 0.6) is 5.75 Å². The normalized spacial score (nSPS) is 13.7. The largest absolute Gasteiger partial charge is 0.486 e. The molecule has 0 atom stereocenters. The van der Waals surface area contributed by atoms with Crippen LogP contribution in [0.4, 0.5) is 5.69 Å². The van der Waals surface area contributed by atoms with Crippen LogP contribution in [0, 0.1) is 11.3 Å². The molecule has 0 amide bonds. The summed E-state index contributed by atoms with van der Waals surface area (Å²) in [5.41, 5.74) is 3.78. The van der Waals surface area contributed by atoms with E-state index in [-0.39, 0.29) is 6.10 Å². The number of benzene rings is 2. The Hall–Kier alpha value is -3.91. The standard InChI is InChI=1S/C24H18N4O/c25-12-17-3-1-4-18(9-17)20-10-19-6-8-27-14-23(19)24(11-20)29-22-15-28(16-22)21-5-2-7-26-13-21/h1-11,13-14,22H,15-16H2. The minimum Gasteiger partial charge on any atom is -0.486 e. The van der Waals surface area contributed by atoms with Crippen molar-refractivity contribution in [3.8, 4) is 22.9 Å². The van der Waals surface area contributed by atoms with E-state index in [1.165, 1.54) is 0 Å². The Bertz CT molecular complexity index is 1210. The molecule has 4 aromatic rings. The smallest absolute Gasteiger partial charge is 0.133 e. The van der Waals surface area contributed by atoms with Crippen molar-refractivity contribution in [1.82, 2.24) is 9.97 Å². The zero-order valence-electron chi connectivity index (χ0n) is 15.7. The van der Waals surface area contributed by atoms with Crippen LogP contribution in [0.25, 0.3) is 21.9 Å². The Kier molecular flexibility index (Phi) is 4.30. The van der Waals surface area contributed by atoms with Gasteiger partial charge in [0, 0.05) is 24.0 Å². The van der Waals surface area contributed by atoms with Gasteiger partial charge < -0.3 is 9.64 Å². The molecule has 2 aromatic heterocycles. The molecule has 1 aliphatic rings. The number of pyridine rings is 2. The van der Waals surface area contributed by atoms with Crippen molar-refractivity contribution in [2.24, 2.45) is 0 Å². The molecule has 0 unspecified atom stereocenters. The number of ether oxygens (including phenoxy) is 1. The maximum atomic E-state index is 9.22. The summed E-state index contributed by atoms with van der Waals surface area (Å²) in [5.74, 6) is 0.823. The van der Waals surface area contributed by atoms with E-state index in [1.807, 2.05) is 54.9 Å². The lowest BCUT2D eigenvalue weighted by Crippen LogP contribution is -2.54. The Labute approximate surface area is 168 Å². The van der Waals surface area contributed by atoms with Crippen LogP contribution in [0.1, 0.15) is 5.56 Å². The average molecular weight is 378 g/mol. The van der Waals surface area contributed by atoms with Crippen molar-refractivity contribution < 1.29 is 4.74 Å². The molecule has 5 heteroatoms. The second-order valence-corrected chi connectivity index (χ2v) is 7.12. The molecule has 1 fully saturated rings. The van der Waals surface area contributed by atoms with Crippen molar-refractivity contribution in [3.05, 3.63) is 84.9 Å². The van der Waals surface area contributed by atoms with E-state index < -0.39 is 0 Å². The van der Waals surface area contributed by atoms with Crippen molar-refractivity contribution >= 4 is 16.5 Å². The molecule has 0 radical (unpaired) electrons. The van der Waals surface area contributed by atoms with Gasteiger partial charge in [0.15, 0.2) is 0 Å². The molecule has 0 saturated carbocycles. The van der Waals surface area contributed by atoms with Gasteiger partial charge in [-0.05, 0) is 59.0 Å². The Morgan fingerprint density at radius 2 is 1.83 bits per heavy atom. The van der Waals surface area contributed by atoms with Gasteiger partial charge in [0.2, 0.25) is 0 Å². The highest BCUT2D eigenvalue weighted by atomic mass is 16.5. The molecule has 1 aliphatic heterocycles. The molecular weight excluding hydrogens is 360 g/mol. The monoisotopic (exact) mass is 378 g/mol. The molecule has 5 rings (SSSR count). The quantitative estimate of drug-likeness (QED) is 0.525. The molecule has 5 nitrogen and oxygen atoms in total. The third kappa shape index (κ3) is 3.37. The Morgan fingerprint density at radius 1 is 0.931 bits per heavy atom. The first-order chi connectivity index (χ1) is 14.3.